The summed E-state index contributed by atoms with van der Waals surface area (Å²) in [6, 6.07) is 8.31. The van der Waals surface area contributed by atoms with Gasteiger partial charge in [0.05, 0.1) is 19.3 Å². The summed E-state index contributed by atoms with van der Waals surface area (Å²) in [6.45, 7) is 7.59. The average molecular weight is 415 g/mol. The molecule has 7 heteroatoms. The Kier molecular flexibility index (Phi) is 6.89. The number of hydrogen-bond acceptors (Lipinski definition) is 4. The lowest BCUT2D eigenvalue weighted by Gasteiger charge is -2.34. The second kappa shape index (κ2) is 9.79. The van der Waals surface area contributed by atoms with E-state index >= 15 is 0 Å². The van der Waals surface area contributed by atoms with Crippen LogP contribution in [0.25, 0.3) is 0 Å². The van der Waals surface area contributed by atoms with E-state index in [0.717, 1.165) is 77.2 Å². The monoisotopic (exact) mass is 414 g/mol. The first kappa shape index (κ1) is 21.1. The normalized spacial score (nSPS) is 21.8. The van der Waals surface area contributed by atoms with E-state index in [1.165, 1.54) is 5.56 Å². The van der Waals surface area contributed by atoms with Crippen LogP contribution < -0.4 is 10.6 Å². The van der Waals surface area contributed by atoms with Gasteiger partial charge in [-0.1, -0.05) is 29.8 Å². The number of nitrogens with one attached hydrogen (secondary N) is 2. The molecule has 3 aliphatic rings. The Balaban J connectivity index is 1.30. The molecule has 2 saturated heterocycles. The molecule has 0 bridgehead atoms. The van der Waals surface area contributed by atoms with Gasteiger partial charge in [0.1, 0.15) is 0 Å². The number of morpholine rings is 1. The quantitative estimate of drug-likeness (QED) is 0.747. The van der Waals surface area contributed by atoms with Gasteiger partial charge in [0.2, 0.25) is 5.91 Å². The highest BCUT2D eigenvalue weighted by Gasteiger charge is 2.35. The molecule has 2 N–H and O–H groups in total. The van der Waals surface area contributed by atoms with Gasteiger partial charge in [-0.15, -0.1) is 0 Å². The number of aryl methyl sites for hydroxylation is 1. The highest BCUT2D eigenvalue weighted by atomic mass is 16.5. The Labute approximate surface area is 179 Å². The van der Waals surface area contributed by atoms with Crippen LogP contribution in [-0.2, 0) is 9.53 Å². The van der Waals surface area contributed by atoms with Crippen molar-refractivity contribution in [3.05, 3.63) is 35.4 Å². The maximum absolute atomic E-state index is 12.8. The fraction of sp³-hybridized carbons (Fsp3) is 0.652. The van der Waals surface area contributed by atoms with Crippen molar-refractivity contribution < 1.29 is 14.3 Å². The molecule has 30 heavy (non-hydrogen) atoms. The van der Waals surface area contributed by atoms with Crippen LogP contribution in [0.2, 0.25) is 0 Å². The summed E-state index contributed by atoms with van der Waals surface area (Å²) in [5.74, 6) is 0.580. The Morgan fingerprint density at radius 1 is 1.03 bits per heavy atom. The van der Waals surface area contributed by atoms with Crippen LogP contribution in [0.1, 0.15) is 42.9 Å². The number of nitrogens with zero attached hydrogens (tertiary/aromatic N) is 2. The number of rotatable bonds is 6. The largest absolute Gasteiger partial charge is 0.379 e. The van der Waals surface area contributed by atoms with E-state index in [9.17, 15) is 9.59 Å². The third-order valence-corrected chi connectivity index (χ3v) is 6.40. The molecule has 1 atom stereocenters. The van der Waals surface area contributed by atoms with Crippen molar-refractivity contribution in [2.75, 3.05) is 45.9 Å². The van der Waals surface area contributed by atoms with E-state index in [-0.39, 0.29) is 24.0 Å². The van der Waals surface area contributed by atoms with Gasteiger partial charge in [0.15, 0.2) is 0 Å². The molecular formula is C23H34N4O3. The first-order chi connectivity index (χ1) is 14.6. The summed E-state index contributed by atoms with van der Waals surface area (Å²) in [7, 11) is 0. The number of amides is 3. The summed E-state index contributed by atoms with van der Waals surface area (Å²) >= 11 is 0. The van der Waals surface area contributed by atoms with Gasteiger partial charge in [-0.2, -0.15) is 0 Å². The molecule has 1 saturated carbocycles. The zero-order valence-electron chi connectivity index (χ0n) is 17.9. The second-order valence-electron chi connectivity index (χ2n) is 8.87. The van der Waals surface area contributed by atoms with E-state index in [4.69, 9.17) is 4.74 Å². The second-order valence-corrected chi connectivity index (χ2v) is 8.87. The fourth-order valence-electron chi connectivity index (χ4n) is 4.29. The number of piperidine rings is 1. The Morgan fingerprint density at radius 2 is 1.70 bits per heavy atom. The Morgan fingerprint density at radius 3 is 2.33 bits per heavy atom. The van der Waals surface area contributed by atoms with E-state index in [1.807, 2.05) is 4.90 Å². The third kappa shape index (κ3) is 5.73. The van der Waals surface area contributed by atoms with E-state index in [0.29, 0.717) is 5.91 Å². The number of likely N-dealkylation sites (tertiary alicyclic amines) is 1. The summed E-state index contributed by atoms with van der Waals surface area (Å²) in [4.78, 5) is 29.3. The van der Waals surface area contributed by atoms with Crippen molar-refractivity contribution in [2.24, 2.45) is 5.92 Å². The summed E-state index contributed by atoms with van der Waals surface area (Å²) in [5.41, 5.74) is 2.33. The lowest BCUT2D eigenvalue weighted by molar-refractivity contribution is -0.133. The van der Waals surface area contributed by atoms with Crippen molar-refractivity contribution in [1.29, 1.82) is 0 Å². The minimum absolute atomic E-state index is 0.0692. The number of ether oxygens (including phenoxy) is 1. The summed E-state index contributed by atoms with van der Waals surface area (Å²) in [5, 5.41) is 6.34. The predicted molar refractivity (Wildman–Crippen MR) is 115 cm³/mol. The molecule has 1 aromatic rings. The molecule has 0 unspecified atom stereocenters. The highest BCUT2D eigenvalue weighted by molar-refractivity contribution is 5.81. The zero-order chi connectivity index (χ0) is 20.9. The van der Waals surface area contributed by atoms with Crippen molar-refractivity contribution in [3.63, 3.8) is 0 Å². The van der Waals surface area contributed by atoms with Crippen molar-refractivity contribution in [1.82, 2.24) is 20.4 Å². The molecule has 0 spiro atoms. The zero-order valence-corrected chi connectivity index (χ0v) is 17.9. The van der Waals surface area contributed by atoms with Gasteiger partial charge in [0, 0.05) is 44.7 Å². The fourth-order valence-corrected chi connectivity index (χ4v) is 4.29. The van der Waals surface area contributed by atoms with Gasteiger partial charge < -0.3 is 20.3 Å². The Bertz CT molecular complexity index is 720. The number of urea groups is 1. The van der Waals surface area contributed by atoms with Gasteiger partial charge in [-0.25, -0.2) is 4.79 Å². The van der Waals surface area contributed by atoms with Crippen LogP contribution in [0.15, 0.2) is 24.3 Å². The smallest absolute Gasteiger partial charge is 0.315 e. The molecule has 164 valence electrons. The minimum atomic E-state index is -0.124. The number of benzene rings is 1. The molecule has 0 radical (unpaired) electrons. The van der Waals surface area contributed by atoms with Crippen LogP contribution in [0.5, 0.6) is 0 Å². The van der Waals surface area contributed by atoms with Gasteiger partial charge >= 0.3 is 6.03 Å². The van der Waals surface area contributed by atoms with Crippen LogP contribution in [0.3, 0.4) is 0 Å². The molecule has 2 aliphatic heterocycles. The molecule has 1 aromatic carbocycles. The highest BCUT2D eigenvalue weighted by Crippen LogP contribution is 2.31. The molecule has 0 aromatic heterocycles. The third-order valence-electron chi connectivity index (χ3n) is 6.40. The molecule has 7 nitrogen and oxygen atoms in total. The van der Waals surface area contributed by atoms with E-state index in [1.54, 1.807) is 0 Å². The average Bonchev–Trinajstić information content (AvgIpc) is 3.60. The van der Waals surface area contributed by atoms with Gasteiger partial charge in [0.25, 0.3) is 0 Å². The van der Waals surface area contributed by atoms with E-state index in [2.05, 4.69) is 46.7 Å². The molecular weight excluding hydrogens is 380 g/mol. The van der Waals surface area contributed by atoms with E-state index < -0.39 is 0 Å². The minimum Gasteiger partial charge on any atom is -0.379 e. The molecule has 2 heterocycles. The molecule has 1 aliphatic carbocycles. The maximum atomic E-state index is 12.8. The number of carbonyl (C=O) groups is 2. The standard InChI is InChI=1S/C23H34N4O3/c1-17-2-4-18(5-3-17)21(16-26-12-14-30-15-13-26)25-23(29)24-20-8-10-27(11-9-20)22(28)19-6-7-19/h2-5,19-21H,6-16H2,1H3,(H2,24,25,29)/t21-/m0/s1. The molecule has 3 amide bonds. The van der Waals surface area contributed by atoms with Gasteiger partial charge in [-0.05, 0) is 38.2 Å². The number of hydrogen-bond donors (Lipinski definition) is 2. The first-order valence-corrected chi connectivity index (χ1v) is 11.3. The summed E-state index contributed by atoms with van der Waals surface area (Å²) in [6.07, 6.45) is 3.74. The molecule has 3 fully saturated rings. The van der Waals surface area contributed by atoms with Crippen molar-refractivity contribution >= 4 is 11.9 Å². The summed E-state index contributed by atoms with van der Waals surface area (Å²) < 4.78 is 5.46. The Hall–Kier alpha value is -2.12. The van der Waals surface area contributed by atoms with Gasteiger partial charge in [-0.3, -0.25) is 9.69 Å². The van der Waals surface area contributed by atoms with Crippen molar-refractivity contribution in [2.45, 2.75) is 44.7 Å². The van der Waals surface area contributed by atoms with Crippen LogP contribution >= 0.6 is 0 Å². The van der Waals surface area contributed by atoms with Crippen molar-refractivity contribution in [3.8, 4) is 0 Å². The lowest BCUT2D eigenvalue weighted by atomic mass is 10.0. The maximum Gasteiger partial charge on any atom is 0.315 e. The SMILES string of the molecule is Cc1ccc([C@H](CN2CCOCC2)NC(=O)NC2CCN(C(=O)C3CC3)CC2)cc1. The van der Waals surface area contributed by atoms with Crippen LogP contribution in [-0.4, -0.2) is 73.7 Å². The van der Waals surface area contributed by atoms with Crippen LogP contribution in [0, 0.1) is 12.8 Å². The number of carbonyl (C=O) groups excluding carboxylic acids is 2. The van der Waals surface area contributed by atoms with Crippen LogP contribution in [0.4, 0.5) is 4.79 Å². The predicted octanol–water partition coefficient (Wildman–Crippen LogP) is 2.07. The first-order valence-electron chi connectivity index (χ1n) is 11.3. The molecule has 4 rings (SSSR count). The topological polar surface area (TPSA) is 73.9 Å². The lowest BCUT2D eigenvalue weighted by Crippen LogP contribution is -2.51.